The van der Waals surface area contributed by atoms with Crippen LogP contribution in [0.15, 0.2) is 97.1 Å². The van der Waals surface area contributed by atoms with Gasteiger partial charge >= 0.3 is 0 Å². The molecule has 41 heavy (non-hydrogen) atoms. The molecule has 0 aromatic heterocycles. The quantitative estimate of drug-likeness (QED) is 0.226. The van der Waals surface area contributed by atoms with Gasteiger partial charge in [-0.1, -0.05) is 66.7 Å². The minimum atomic E-state index is -0.788. The Kier molecular flexibility index (Phi) is 6.01. The van der Waals surface area contributed by atoms with Crippen molar-refractivity contribution < 1.29 is 14.2 Å². The standard InChI is InChI=1S/C37H33NO3/c1-38(2)27-17-15-26(16-18-27)37(25-11-6-5-7-12-25)21-20-30-32-23-34(40-4)33(39-3)22-31(32)29-19-14-24-10-8-9-13-28(24)35(29)36(30)41-37/h5-13,15-18,20-23H,14,19H2,1-4H3. The van der Waals surface area contributed by atoms with Crippen molar-refractivity contribution in [2.75, 3.05) is 33.2 Å². The number of fused-ring (bicyclic) bond motifs is 8. The average molecular weight is 540 g/mol. The summed E-state index contributed by atoms with van der Waals surface area (Å²) in [6, 6.07) is 32.2. The first-order valence-electron chi connectivity index (χ1n) is 14.1. The largest absolute Gasteiger partial charge is 0.493 e. The Morgan fingerprint density at radius 3 is 2.10 bits per heavy atom. The molecule has 2 aliphatic rings. The molecule has 1 unspecified atom stereocenters. The topological polar surface area (TPSA) is 30.9 Å². The fraction of sp³-hybridized carbons (Fsp3) is 0.189. The SMILES string of the molecule is COc1cc2c3c(c4c(c2cc1OC)CCc1ccccc1-4)OC(c1ccccc1)(c1ccc(N(C)C)cc1)C=C3. The second kappa shape index (κ2) is 9.74. The van der Waals surface area contributed by atoms with E-state index in [2.05, 4.69) is 122 Å². The Bertz CT molecular complexity index is 1810. The minimum absolute atomic E-state index is 0.714. The number of hydrogen-bond acceptors (Lipinski definition) is 4. The number of anilines is 1. The molecule has 1 heterocycles. The Morgan fingerprint density at radius 1 is 0.732 bits per heavy atom. The number of hydrogen-bond donors (Lipinski definition) is 0. The molecule has 5 aromatic carbocycles. The van der Waals surface area contributed by atoms with E-state index in [0.29, 0.717) is 5.75 Å². The van der Waals surface area contributed by atoms with Gasteiger partial charge in [0.15, 0.2) is 17.1 Å². The van der Waals surface area contributed by atoms with Crippen LogP contribution in [0, 0.1) is 0 Å². The summed E-state index contributed by atoms with van der Waals surface area (Å²) in [6.45, 7) is 0. The van der Waals surface area contributed by atoms with E-state index in [1.807, 2.05) is 0 Å². The van der Waals surface area contributed by atoms with Gasteiger partial charge in [0.25, 0.3) is 0 Å². The van der Waals surface area contributed by atoms with E-state index in [1.54, 1.807) is 14.2 Å². The third kappa shape index (κ3) is 3.89. The molecule has 7 rings (SSSR count). The summed E-state index contributed by atoms with van der Waals surface area (Å²) >= 11 is 0. The van der Waals surface area contributed by atoms with Crippen LogP contribution >= 0.6 is 0 Å². The molecule has 1 atom stereocenters. The Morgan fingerprint density at radius 2 is 1.39 bits per heavy atom. The van der Waals surface area contributed by atoms with Crippen LogP contribution in [-0.2, 0) is 18.4 Å². The number of rotatable bonds is 5. The summed E-state index contributed by atoms with van der Waals surface area (Å²) in [5.74, 6) is 2.36. The lowest BCUT2D eigenvalue weighted by atomic mass is 9.78. The molecule has 0 saturated heterocycles. The maximum atomic E-state index is 7.41. The zero-order chi connectivity index (χ0) is 28.1. The van der Waals surface area contributed by atoms with E-state index in [1.165, 1.54) is 27.6 Å². The fourth-order valence-corrected chi connectivity index (χ4v) is 6.50. The van der Waals surface area contributed by atoms with Crippen LogP contribution < -0.4 is 19.1 Å². The molecule has 204 valence electrons. The van der Waals surface area contributed by atoms with Crippen LogP contribution in [0.5, 0.6) is 17.2 Å². The van der Waals surface area contributed by atoms with Crippen LogP contribution in [0.2, 0.25) is 0 Å². The summed E-state index contributed by atoms with van der Waals surface area (Å²) in [6.07, 6.45) is 6.37. The summed E-state index contributed by atoms with van der Waals surface area (Å²) in [5, 5.41) is 2.29. The van der Waals surface area contributed by atoms with Crippen molar-refractivity contribution in [3.63, 3.8) is 0 Å². The number of aryl methyl sites for hydroxylation is 2. The van der Waals surface area contributed by atoms with Crippen LogP contribution in [-0.4, -0.2) is 28.3 Å². The van der Waals surface area contributed by atoms with Gasteiger partial charge in [0, 0.05) is 42.0 Å². The van der Waals surface area contributed by atoms with Gasteiger partial charge in [-0.3, -0.25) is 0 Å². The van der Waals surface area contributed by atoms with E-state index in [9.17, 15) is 0 Å². The first kappa shape index (κ1) is 25.3. The molecule has 4 heteroatoms. The molecule has 0 radical (unpaired) electrons. The monoisotopic (exact) mass is 539 g/mol. The summed E-state index contributed by atoms with van der Waals surface area (Å²) in [5.41, 5.74) is 8.65. The van der Waals surface area contributed by atoms with Crippen molar-refractivity contribution in [2.45, 2.75) is 18.4 Å². The normalized spacial score (nSPS) is 16.8. The second-order valence-corrected chi connectivity index (χ2v) is 11.0. The first-order valence-corrected chi connectivity index (χ1v) is 14.1. The summed E-state index contributed by atoms with van der Waals surface area (Å²) in [4.78, 5) is 2.12. The molecule has 0 saturated carbocycles. The highest BCUT2D eigenvalue weighted by molar-refractivity contribution is 6.04. The Hall–Kier alpha value is -4.70. The maximum absolute atomic E-state index is 7.41. The van der Waals surface area contributed by atoms with E-state index in [0.717, 1.165) is 52.1 Å². The van der Waals surface area contributed by atoms with E-state index >= 15 is 0 Å². The highest BCUT2D eigenvalue weighted by Gasteiger charge is 2.40. The van der Waals surface area contributed by atoms with Gasteiger partial charge < -0.3 is 19.1 Å². The first-order chi connectivity index (χ1) is 20.0. The minimum Gasteiger partial charge on any atom is -0.493 e. The molecule has 0 amide bonds. The third-order valence-electron chi connectivity index (χ3n) is 8.61. The van der Waals surface area contributed by atoms with Gasteiger partial charge in [0.2, 0.25) is 0 Å². The molecular formula is C37H33NO3. The van der Waals surface area contributed by atoms with Crippen LogP contribution in [0.25, 0.3) is 28.0 Å². The smallest absolute Gasteiger partial charge is 0.178 e. The summed E-state index contributed by atoms with van der Waals surface area (Å²) in [7, 11) is 7.51. The highest BCUT2D eigenvalue weighted by Crippen LogP contribution is 2.53. The highest BCUT2D eigenvalue weighted by atomic mass is 16.5. The second-order valence-electron chi connectivity index (χ2n) is 11.0. The van der Waals surface area contributed by atoms with Crippen molar-refractivity contribution in [1.82, 2.24) is 0 Å². The Balaban J connectivity index is 1.55. The maximum Gasteiger partial charge on any atom is 0.178 e. The van der Waals surface area contributed by atoms with Crippen molar-refractivity contribution in [2.24, 2.45) is 0 Å². The van der Waals surface area contributed by atoms with Gasteiger partial charge in [-0.2, -0.15) is 0 Å². The van der Waals surface area contributed by atoms with E-state index in [4.69, 9.17) is 14.2 Å². The lowest BCUT2D eigenvalue weighted by molar-refractivity contribution is 0.162. The molecular weight excluding hydrogens is 506 g/mol. The molecule has 0 spiro atoms. The lowest BCUT2D eigenvalue weighted by Crippen LogP contribution is -2.35. The fourth-order valence-electron chi connectivity index (χ4n) is 6.50. The predicted octanol–water partition coefficient (Wildman–Crippen LogP) is 8.04. The molecule has 5 aromatic rings. The number of nitrogens with zero attached hydrogens (tertiary/aromatic N) is 1. The third-order valence-corrected chi connectivity index (χ3v) is 8.61. The van der Waals surface area contributed by atoms with Gasteiger partial charge in [-0.05, 0) is 76.7 Å². The molecule has 4 nitrogen and oxygen atoms in total. The number of ether oxygens (including phenoxy) is 3. The zero-order valence-electron chi connectivity index (χ0n) is 23.9. The number of benzene rings is 5. The molecule has 0 fully saturated rings. The Labute approximate surface area is 241 Å². The van der Waals surface area contributed by atoms with Crippen molar-refractivity contribution in [3.05, 3.63) is 125 Å². The van der Waals surface area contributed by atoms with Crippen molar-refractivity contribution in [1.29, 1.82) is 0 Å². The lowest BCUT2D eigenvalue weighted by Gasteiger charge is -2.39. The molecule has 0 N–H and O–H groups in total. The van der Waals surface area contributed by atoms with Gasteiger partial charge in [0.05, 0.1) is 14.2 Å². The molecule has 1 aliphatic carbocycles. The average Bonchev–Trinajstić information content (AvgIpc) is 3.04. The van der Waals surface area contributed by atoms with Crippen molar-refractivity contribution >= 4 is 22.5 Å². The van der Waals surface area contributed by atoms with Gasteiger partial charge in [-0.25, -0.2) is 0 Å². The van der Waals surface area contributed by atoms with Gasteiger partial charge in [-0.15, -0.1) is 0 Å². The van der Waals surface area contributed by atoms with Gasteiger partial charge in [0.1, 0.15) is 5.75 Å². The van der Waals surface area contributed by atoms with Crippen LogP contribution in [0.1, 0.15) is 27.8 Å². The van der Waals surface area contributed by atoms with Crippen LogP contribution in [0.3, 0.4) is 0 Å². The summed E-state index contributed by atoms with van der Waals surface area (Å²) < 4.78 is 18.9. The van der Waals surface area contributed by atoms with E-state index < -0.39 is 5.60 Å². The molecule has 0 bridgehead atoms. The molecule has 1 aliphatic heterocycles. The van der Waals surface area contributed by atoms with Crippen molar-refractivity contribution in [3.8, 4) is 28.4 Å². The predicted molar refractivity (Wildman–Crippen MR) is 168 cm³/mol. The zero-order valence-corrected chi connectivity index (χ0v) is 23.9. The van der Waals surface area contributed by atoms with E-state index in [-0.39, 0.29) is 0 Å². The number of methoxy groups -OCH3 is 2. The van der Waals surface area contributed by atoms with Crippen LogP contribution in [0.4, 0.5) is 5.69 Å².